The van der Waals surface area contributed by atoms with E-state index in [1.165, 1.54) is 6.29 Å². The van der Waals surface area contributed by atoms with Crippen molar-refractivity contribution in [3.05, 3.63) is 5.82 Å². The van der Waals surface area contributed by atoms with E-state index < -0.39 is 12.6 Å². The number of carbonyl (C=O) groups is 1. The average molecular weight is 229 g/mol. The van der Waals surface area contributed by atoms with E-state index in [9.17, 15) is 9.59 Å². The lowest BCUT2D eigenvalue weighted by atomic mass is 10.4. The van der Waals surface area contributed by atoms with Crippen LogP contribution in [0.5, 0.6) is 0 Å². The molecule has 0 aliphatic rings. The van der Waals surface area contributed by atoms with Gasteiger partial charge in [0.05, 0.1) is 0 Å². The van der Waals surface area contributed by atoms with Crippen molar-refractivity contribution in [1.29, 1.82) is 0 Å². The summed E-state index contributed by atoms with van der Waals surface area (Å²) in [6.45, 7) is -0.662. The maximum atomic E-state index is 10.4. The standard InChI is InChI=1S/C6H5N4O4S/c7-6-8-5(10-15-6)3(1-11)9-14-2-4(12)13/h2H2,(H,12,13)(H2,7,8,10)/b9-3+. The molecule has 1 radical (unpaired) electrons. The Kier molecular flexibility index (Phi) is 3.68. The molecule has 79 valence electrons. The maximum Gasteiger partial charge on any atom is 0.344 e. The maximum absolute atomic E-state index is 10.4. The predicted molar refractivity (Wildman–Crippen MR) is 50.1 cm³/mol. The number of anilines is 1. The minimum absolute atomic E-state index is 0.0436. The number of carbonyl (C=O) groups excluding carboxylic acids is 1. The van der Waals surface area contributed by atoms with Gasteiger partial charge in [-0.15, -0.1) is 0 Å². The highest BCUT2D eigenvalue weighted by Gasteiger charge is 2.11. The van der Waals surface area contributed by atoms with E-state index in [-0.39, 0.29) is 16.7 Å². The van der Waals surface area contributed by atoms with Crippen LogP contribution < -0.4 is 5.73 Å². The smallest absolute Gasteiger partial charge is 0.344 e. The molecule has 0 saturated carbocycles. The van der Waals surface area contributed by atoms with Crippen molar-refractivity contribution >= 4 is 34.6 Å². The SMILES string of the molecule is Nc1nc(/C([C]=O)=N/OCC(=O)O)ns1. The molecule has 8 nitrogen and oxygen atoms in total. The minimum atomic E-state index is -1.21. The second-order valence-electron chi connectivity index (χ2n) is 2.17. The van der Waals surface area contributed by atoms with Crippen LogP contribution >= 0.6 is 11.5 Å². The van der Waals surface area contributed by atoms with E-state index in [0.717, 1.165) is 11.5 Å². The van der Waals surface area contributed by atoms with Crippen molar-refractivity contribution in [2.45, 2.75) is 0 Å². The molecule has 0 atom stereocenters. The number of aliphatic carboxylic acids is 1. The van der Waals surface area contributed by atoms with E-state index in [1.807, 2.05) is 0 Å². The quantitative estimate of drug-likeness (QED) is 0.491. The van der Waals surface area contributed by atoms with Gasteiger partial charge in [0.2, 0.25) is 12.4 Å². The predicted octanol–water partition coefficient (Wildman–Crippen LogP) is -0.965. The van der Waals surface area contributed by atoms with Gasteiger partial charge in [0, 0.05) is 11.5 Å². The molecule has 1 heterocycles. The lowest BCUT2D eigenvalue weighted by Crippen LogP contribution is -2.09. The van der Waals surface area contributed by atoms with Crippen LogP contribution in [0.15, 0.2) is 5.16 Å². The molecule has 3 N–H and O–H groups in total. The Morgan fingerprint density at radius 1 is 1.73 bits per heavy atom. The second kappa shape index (κ2) is 5.00. The summed E-state index contributed by atoms with van der Waals surface area (Å²) in [5, 5.41) is 11.6. The van der Waals surface area contributed by atoms with Crippen LogP contribution in [-0.4, -0.2) is 39.0 Å². The lowest BCUT2D eigenvalue weighted by Gasteiger charge is -1.93. The number of nitrogens with zero attached hydrogens (tertiary/aromatic N) is 3. The van der Waals surface area contributed by atoms with E-state index in [2.05, 4.69) is 19.4 Å². The van der Waals surface area contributed by atoms with E-state index in [0.29, 0.717) is 0 Å². The van der Waals surface area contributed by atoms with Gasteiger partial charge in [-0.05, 0) is 0 Å². The molecule has 15 heavy (non-hydrogen) atoms. The van der Waals surface area contributed by atoms with E-state index in [1.54, 1.807) is 0 Å². The Bertz CT molecular complexity index is 402. The fraction of sp³-hybridized carbons (Fsp3) is 0.167. The summed E-state index contributed by atoms with van der Waals surface area (Å²) in [6.07, 6.45) is 1.41. The van der Waals surface area contributed by atoms with E-state index >= 15 is 0 Å². The number of hydrogen-bond donors (Lipinski definition) is 2. The summed E-state index contributed by atoms with van der Waals surface area (Å²) in [5.41, 5.74) is 4.94. The number of oxime groups is 1. The van der Waals surface area contributed by atoms with Gasteiger partial charge in [0.15, 0.2) is 10.8 Å². The molecule has 0 unspecified atom stereocenters. The molecule has 0 aliphatic carbocycles. The molecule has 0 fully saturated rings. The van der Waals surface area contributed by atoms with Crippen molar-refractivity contribution in [3.63, 3.8) is 0 Å². The fourth-order valence-corrected chi connectivity index (χ4v) is 1.02. The molecule has 1 aromatic rings. The number of carboxylic acid groups (broad SMARTS) is 1. The zero-order valence-electron chi connectivity index (χ0n) is 7.21. The zero-order chi connectivity index (χ0) is 11.3. The molecule has 9 heteroatoms. The highest BCUT2D eigenvalue weighted by molar-refractivity contribution is 7.09. The monoisotopic (exact) mass is 229 g/mol. The number of carboxylic acids is 1. The summed E-state index contributed by atoms with van der Waals surface area (Å²) in [5.74, 6) is -1.26. The Hall–Kier alpha value is -2.03. The average Bonchev–Trinajstić information content (AvgIpc) is 2.59. The van der Waals surface area contributed by atoms with Crippen molar-refractivity contribution in [3.8, 4) is 0 Å². The van der Waals surface area contributed by atoms with Gasteiger partial charge in [-0.2, -0.15) is 9.36 Å². The summed E-state index contributed by atoms with van der Waals surface area (Å²) in [4.78, 5) is 28.4. The van der Waals surface area contributed by atoms with Crippen molar-refractivity contribution in [1.82, 2.24) is 9.36 Å². The van der Waals surface area contributed by atoms with Crippen LogP contribution in [0.3, 0.4) is 0 Å². The highest BCUT2D eigenvalue weighted by Crippen LogP contribution is 2.05. The Morgan fingerprint density at radius 3 is 2.93 bits per heavy atom. The summed E-state index contributed by atoms with van der Waals surface area (Å²) >= 11 is 0.873. The van der Waals surface area contributed by atoms with Crippen LogP contribution in [0.25, 0.3) is 0 Å². The third-order valence-electron chi connectivity index (χ3n) is 1.09. The first-order valence-corrected chi connectivity index (χ1v) is 4.30. The number of hydrogen-bond acceptors (Lipinski definition) is 8. The Labute approximate surface area is 87.5 Å². The number of nitrogen functional groups attached to an aromatic ring is 1. The summed E-state index contributed by atoms with van der Waals surface area (Å²) in [7, 11) is 0. The molecular formula is C6H5N4O4S. The Morgan fingerprint density at radius 2 is 2.47 bits per heavy atom. The van der Waals surface area contributed by atoms with Crippen LogP contribution in [0.4, 0.5) is 5.13 Å². The molecular weight excluding hydrogens is 224 g/mol. The van der Waals surface area contributed by atoms with Gasteiger partial charge >= 0.3 is 5.97 Å². The normalized spacial score (nSPS) is 11.1. The Balaban J connectivity index is 2.71. The van der Waals surface area contributed by atoms with Gasteiger partial charge in [0.1, 0.15) is 0 Å². The number of nitrogens with two attached hydrogens (primary N) is 1. The first-order valence-electron chi connectivity index (χ1n) is 3.53. The molecule has 1 aromatic heterocycles. The highest BCUT2D eigenvalue weighted by atomic mass is 32.1. The zero-order valence-corrected chi connectivity index (χ0v) is 8.02. The molecule has 0 amide bonds. The minimum Gasteiger partial charge on any atom is -0.479 e. The first kappa shape index (κ1) is 11.0. The van der Waals surface area contributed by atoms with Crippen LogP contribution in [0.1, 0.15) is 5.82 Å². The molecule has 0 spiro atoms. The van der Waals surface area contributed by atoms with E-state index in [4.69, 9.17) is 10.8 Å². The summed E-state index contributed by atoms with van der Waals surface area (Å²) < 4.78 is 3.67. The fourth-order valence-electron chi connectivity index (χ4n) is 0.589. The molecule has 0 aromatic carbocycles. The topological polar surface area (TPSA) is 128 Å². The molecule has 0 bridgehead atoms. The van der Waals surface area contributed by atoms with Crippen LogP contribution in [-0.2, 0) is 14.4 Å². The number of rotatable bonds is 5. The van der Waals surface area contributed by atoms with Crippen LogP contribution in [0.2, 0.25) is 0 Å². The summed E-state index contributed by atoms with van der Waals surface area (Å²) in [6, 6.07) is 0. The molecule has 0 aliphatic heterocycles. The third-order valence-corrected chi connectivity index (χ3v) is 1.64. The van der Waals surface area contributed by atoms with Crippen molar-refractivity contribution < 1.29 is 19.5 Å². The van der Waals surface area contributed by atoms with Gasteiger partial charge in [-0.3, -0.25) is 4.79 Å². The second-order valence-corrected chi connectivity index (χ2v) is 2.95. The van der Waals surface area contributed by atoms with Gasteiger partial charge in [-0.1, -0.05) is 5.16 Å². The number of aromatic nitrogens is 2. The van der Waals surface area contributed by atoms with Gasteiger partial charge in [-0.25, -0.2) is 4.79 Å². The van der Waals surface area contributed by atoms with Crippen LogP contribution in [0, 0.1) is 0 Å². The largest absolute Gasteiger partial charge is 0.479 e. The third kappa shape index (κ3) is 3.31. The van der Waals surface area contributed by atoms with Gasteiger partial charge < -0.3 is 15.7 Å². The van der Waals surface area contributed by atoms with Gasteiger partial charge in [0.25, 0.3) is 6.29 Å². The van der Waals surface area contributed by atoms with Crippen molar-refractivity contribution in [2.24, 2.45) is 5.16 Å². The van der Waals surface area contributed by atoms with Crippen molar-refractivity contribution in [2.75, 3.05) is 12.3 Å². The lowest BCUT2D eigenvalue weighted by molar-refractivity contribution is -0.142. The first-order chi connectivity index (χ1) is 7.13. The molecule has 1 rings (SSSR count). The molecule has 0 saturated heterocycles.